The van der Waals surface area contributed by atoms with Crippen LogP contribution in [0.2, 0.25) is 0 Å². The number of carbonyl (C=O) groups excluding carboxylic acids is 1. The Bertz CT molecular complexity index is 774. The first kappa shape index (κ1) is 17.6. The van der Waals surface area contributed by atoms with Crippen LogP contribution in [0.4, 0.5) is 4.39 Å². The second kappa shape index (κ2) is 6.96. The standard InChI is InChI=1S/C21H24FNO2/c1-15(2)17-8-4-3-7-16(17)13-20(24)23-12-11-21(25,14-23)18-9-5-6-10-19(18)22/h3-10,15,25H,11-14H2,1-2H3. The maximum Gasteiger partial charge on any atom is 0.227 e. The van der Waals surface area contributed by atoms with E-state index >= 15 is 0 Å². The maximum atomic E-state index is 14.0. The number of benzene rings is 2. The Morgan fingerprint density at radius 1 is 1.20 bits per heavy atom. The van der Waals surface area contributed by atoms with Crippen molar-refractivity contribution in [2.24, 2.45) is 0 Å². The zero-order valence-electron chi connectivity index (χ0n) is 14.7. The second-order valence-electron chi connectivity index (χ2n) is 7.11. The number of likely N-dealkylation sites (tertiary alicyclic amines) is 1. The summed E-state index contributed by atoms with van der Waals surface area (Å²) in [6, 6.07) is 14.2. The summed E-state index contributed by atoms with van der Waals surface area (Å²) >= 11 is 0. The molecule has 1 unspecified atom stereocenters. The third-order valence-corrected chi connectivity index (χ3v) is 4.99. The molecule has 0 saturated carbocycles. The van der Waals surface area contributed by atoms with Crippen molar-refractivity contribution in [1.82, 2.24) is 4.90 Å². The molecule has 1 heterocycles. The van der Waals surface area contributed by atoms with Gasteiger partial charge >= 0.3 is 0 Å². The van der Waals surface area contributed by atoms with Crippen molar-refractivity contribution >= 4 is 5.91 Å². The fourth-order valence-corrected chi connectivity index (χ4v) is 3.60. The molecule has 2 aromatic rings. The number of amides is 1. The van der Waals surface area contributed by atoms with Gasteiger partial charge in [-0.1, -0.05) is 56.3 Å². The molecule has 0 aliphatic carbocycles. The molecule has 4 heteroatoms. The van der Waals surface area contributed by atoms with Gasteiger partial charge in [0.1, 0.15) is 11.4 Å². The molecule has 1 atom stereocenters. The van der Waals surface area contributed by atoms with Gasteiger partial charge in [0, 0.05) is 12.1 Å². The van der Waals surface area contributed by atoms with Crippen molar-refractivity contribution in [3.05, 3.63) is 71.0 Å². The molecule has 0 aromatic heterocycles. The first-order chi connectivity index (χ1) is 11.9. The minimum absolute atomic E-state index is 0.0274. The van der Waals surface area contributed by atoms with E-state index in [0.717, 1.165) is 5.56 Å². The largest absolute Gasteiger partial charge is 0.383 e. The van der Waals surface area contributed by atoms with Gasteiger partial charge in [0.2, 0.25) is 5.91 Å². The second-order valence-corrected chi connectivity index (χ2v) is 7.11. The van der Waals surface area contributed by atoms with Crippen molar-refractivity contribution in [2.45, 2.75) is 38.2 Å². The highest BCUT2D eigenvalue weighted by atomic mass is 19.1. The van der Waals surface area contributed by atoms with Crippen LogP contribution in [-0.4, -0.2) is 29.0 Å². The van der Waals surface area contributed by atoms with Gasteiger partial charge in [0.05, 0.1) is 13.0 Å². The molecule has 1 aliphatic rings. The van der Waals surface area contributed by atoms with Gasteiger partial charge in [-0.25, -0.2) is 4.39 Å². The molecule has 1 fully saturated rings. The number of carbonyl (C=O) groups is 1. The Kier molecular flexibility index (Phi) is 4.91. The molecule has 0 bridgehead atoms. The van der Waals surface area contributed by atoms with Crippen LogP contribution >= 0.6 is 0 Å². The highest BCUT2D eigenvalue weighted by Gasteiger charge is 2.41. The Balaban J connectivity index is 1.74. The van der Waals surface area contributed by atoms with Gasteiger partial charge in [-0.15, -0.1) is 0 Å². The maximum absolute atomic E-state index is 14.0. The van der Waals surface area contributed by atoms with Crippen LogP contribution in [0.15, 0.2) is 48.5 Å². The number of nitrogens with zero attached hydrogens (tertiary/aromatic N) is 1. The zero-order valence-corrected chi connectivity index (χ0v) is 14.7. The quantitative estimate of drug-likeness (QED) is 0.923. The van der Waals surface area contributed by atoms with Gasteiger partial charge in [-0.05, 0) is 29.5 Å². The summed E-state index contributed by atoms with van der Waals surface area (Å²) in [4.78, 5) is 14.4. The zero-order chi connectivity index (χ0) is 18.0. The summed E-state index contributed by atoms with van der Waals surface area (Å²) in [6.07, 6.45) is 0.660. The van der Waals surface area contributed by atoms with E-state index in [1.807, 2.05) is 24.3 Å². The Morgan fingerprint density at radius 3 is 2.60 bits per heavy atom. The van der Waals surface area contributed by atoms with Crippen molar-refractivity contribution in [1.29, 1.82) is 0 Å². The Labute approximate surface area is 148 Å². The lowest BCUT2D eigenvalue weighted by Crippen LogP contribution is -2.35. The number of hydrogen-bond donors (Lipinski definition) is 1. The van der Waals surface area contributed by atoms with E-state index in [1.54, 1.807) is 23.1 Å². The molecular weight excluding hydrogens is 317 g/mol. The summed E-state index contributed by atoms with van der Waals surface area (Å²) in [5.74, 6) is -0.109. The number of hydrogen-bond acceptors (Lipinski definition) is 2. The van der Waals surface area contributed by atoms with Crippen LogP contribution in [-0.2, 0) is 16.8 Å². The van der Waals surface area contributed by atoms with Crippen LogP contribution in [0.1, 0.15) is 42.9 Å². The van der Waals surface area contributed by atoms with Crippen LogP contribution in [0.5, 0.6) is 0 Å². The average Bonchev–Trinajstić information content (AvgIpc) is 2.99. The number of halogens is 1. The van der Waals surface area contributed by atoms with Crippen LogP contribution in [0.3, 0.4) is 0 Å². The van der Waals surface area contributed by atoms with E-state index in [9.17, 15) is 14.3 Å². The first-order valence-electron chi connectivity index (χ1n) is 8.74. The lowest BCUT2D eigenvalue weighted by atomic mass is 9.92. The van der Waals surface area contributed by atoms with Crippen molar-refractivity contribution in [2.75, 3.05) is 13.1 Å². The van der Waals surface area contributed by atoms with Gasteiger partial charge in [0.15, 0.2) is 0 Å². The van der Waals surface area contributed by atoms with Crippen LogP contribution in [0, 0.1) is 5.82 Å². The minimum Gasteiger partial charge on any atom is -0.383 e. The molecule has 3 nitrogen and oxygen atoms in total. The first-order valence-corrected chi connectivity index (χ1v) is 8.74. The fraction of sp³-hybridized carbons (Fsp3) is 0.381. The summed E-state index contributed by atoms with van der Waals surface area (Å²) in [6.45, 7) is 4.79. The average molecular weight is 341 g/mol. The van der Waals surface area contributed by atoms with Gasteiger partial charge in [0.25, 0.3) is 0 Å². The molecule has 3 rings (SSSR count). The van der Waals surface area contributed by atoms with E-state index in [2.05, 4.69) is 13.8 Å². The van der Waals surface area contributed by atoms with Crippen molar-refractivity contribution in [3.8, 4) is 0 Å². The predicted molar refractivity (Wildman–Crippen MR) is 95.7 cm³/mol. The molecule has 1 amide bonds. The predicted octanol–water partition coefficient (Wildman–Crippen LogP) is 3.61. The third-order valence-electron chi connectivity index (χ3n) is 4.99. The molecule has 132 valence electrons. The van der Waals surface area contributed by atoms with E-state index < -0.39 is 11.4 Å². The summed E-state index contributed by atoms with van der Waals surface area (Å²) < 4.78 is 14.0. The lowest BCUT2D eigenvalue weighted by Gasteiger charge is -2.24. The smallest absolute Gasteiger partial charge is 0.227 e. The Morgan fingerprint density at radius 2 is 1.88 bits per heavy atom. The topological polar surface area (TPSA) is 40.5 Å². The highest BCUT2D eigenvalue weighted by molar-refractivity contribution is 5.79. The van der Waals surface area contributed by atoms with Gasteiger partial charge in [-0.2, -0.15) is 0 Å². The molecule has 25 heavy (non-hydrogen) atoms. The third kappa shape index (κ3) is 3.59. The number of rotatable bonds is 4. The normalized spacial score (nSPS) is 20.3. The molecule has 1 aliphatic heterocycles. The van der Waals surface area contributed by atoms with Crippen LogP contribution in [0.25, 0.3) is 0 Å². The van der Waals surface area contributed by atoms with Crippen LogP contribution < -0.4 is 0 Å². The molecule has 0 radical (unpaired) electrons. The monoisotopic (exact) mass is 341 g/mol. The van der Waals surface area contributed by atoms with E-state index in [0.29, 0.717) is 25.3 Å². The fourth-order valence-electron chi connectivity index (χ4n) is 3.60. The highest BCUT2D eigenvalue weighted by Crippen LogP contribution is 2.34. The minimum atomic E-state index is -1.31. The Hall–Kier alpha value is -2.20. The van der Waals surface area contributed by atoms with Crippen molar-refractivity contribution in [3.63, 3.8) is 0 Å². The van der Waals surface area contributed by atoms with Gasteiger partial charge < -0.3 is 10.0 Å². The lowest BCUT2D eigenvalue weighted by molar-refractivity contribution is -0.130. The van der Waals surface area contributed by atoms with E-state index in [-0.39, 0.29) is 18.0 Å². The number of aliphatic hydroxyl groups is 1. The summed E-state index contributed by atoms with van der Waals surface area (Å²) in [5.41, 5.74) is 1.15. The molecule has 0 spiro atoms. The number of β-amino-alcohol motifs (C(OH)–C–C–N with tert-alkyl or cyclic N) is 1. The SMILES string of the molecule is CC(C)c1ccccc1CC(=O)N1CCC(O)(c2ccccc2F)C1. The molecule has 1 saturated heterocycles. The van der Waals surface area contributed by atoms with E-state index in [4.69, 9.17) is 0 Å². The molecule has 2 aromatic carbocycles. The summed E-state index contributed by atoms with van der Waals surface area (Å²) in [5, 5.41) is 10.8. The van der Waals surface area contributed by atoms with E-state index in [1.165, 1.54) is 11.6 Å². The van der Waals surface area contributed by atoms with Crippen molar-refractivity contribution < 1.29 is 14.3 Å². The molecular formula is C21H24FNO2. The summed E-state index contributed by atoms with van der Waals surface area (Å²) in [7, 11) is 0. The van der Waals surface area contributed by atoms with Gasteiger partial charge in [-0.3, -0.25) is 4.79 Å². The molecule has 1 N–H and O–H groups in total.